The summed E-state index contributed by atoms with van der Waals surface area (Å²) >= 11 is 0. The van der Waals surface area contributed by atoms with Crippen molar-refractivity contribution in [3.63, 3.8) is 0 Å². The largest absolute Gasteiger partial charge is 1.00 e. The normalized spacial score (nSPS) is 11.5. The van der Waals surface area contributed by atoms with Gasteiger partial charge in [0.15, 0.2) is 0 Å². The van der Waals surface area contributed by atoms with Crippen molar-refractivity contribution in [2.75, 3.05) is 5.75 Å². The van der Waals surface area contributed by atoms with Crippen molar-refractivity contribution >= 4 is 10.1 Å². The first kappa shape index (κ1) is 15.1. The molecule has 0 amide bonds. The molecule has 5 heteroatoms. The molecule has 1 N–H and O–H groups in total. The van der Waals surface area contributed by atoms with Crippen LogP contribution in [-0.2, 0) is 10.1 Å². The molecule has 0 aromatic carbocycles. The maximum absolute atomic E-state index is 10.2. The standard InChI is InChI=1S/C7H14O3S.Na.H/c1-2-3-4-5-6-7-11(8,9)10;;/h5-6H,2-4,7H2,1H3,(H,8,9,10);;/q;+1;-1. The molecule has 0 aliphatic heterocycles. The first-order chi connectivity index (χ1) is 5.06. The van der Waals surface area contributed by atoms with E-state index in [1.165, 1.54) is 6.08 Å². The molecule has 0 aromatic rings. The zero-order valence-electron chi connectivity index (χ0n) is 8.66. The van der Waals surface area contributed by atoms with Gasteiger partial charge in [0.25, 0.3) is 10.1 Å². The summed E-state index contributed by atoms with van der Waals surface area (Å²) in [5.74, 6) is -0.267. The zero-order valence-corrected chi connectivity index (χ0v) is 10.5. The number of hydrogen-bond acceptors (Lipinski definition) is 2. The Hall–Kier alpha value is 0.650. The van der Waals surface area contributed by atoms with Gasteiger partial charge in [-0.1, -0.05) is 31.9 Å². The third-order valence-electron chi connectivity index (χ3n) is 1.20. The second-order valence-corrected chi connectivity index (χ2v) is 3.86. The van der Waals surface area contributed by atoms with Crippen molar-refractivity contribution in [2.24, 2.45) is 0 Å². The third kappa shape index (κ3) is 13.3. The fourth-order valence-electron chi connectivity index (χ4n) is 0.629. The number of rotatable bonds is 5. The average Bonchev–Trinajstić information content (AvgIpc) is 1.85. The molecule has 0 rings (SSSR count). The molecule has 0 saturated carbocycles. The van der Waals surface area contributed by atoms with Crippen LogP contribution >= 0.6 is 0 Å². The second kappa shape index (κ2) is 8.26. The predicted octanol–water partition coefficient (Wildman–Crippen LogP) is -1.26. The summed E-state index contributed by atoms with van der Waals surface area (Å²) in [5.41, 5.74) is 0. The van der Waals surface area contributed by atoms with Gasteiger partial charge in [-0.05, 0) is 6.42 Å². The zero-order chi connectivity index (χ0) is 8.74. The fraction of sp³-hybridized carbons (Fsp3) is 0.714. The van der Waals surface area contributed by atoms with Gasteiger partial charge >= 0.3 is 29.6 Å². The van der Waals surface area contributed by atoms with E-state index in [1.54, 1.807) is 6.08 Å². The van der Waals surface area contributed by atoms with E-state index >= 15 is 0 Å². The van der Waals surface area contributed by atoms with Gasteiger partial charge in [-0.2, -0.15) is 8.42 Å². The molecule has 0 saturated heterocycles. The van der Waals surface area contributed by atoms with Gasteiger partial charge in [-0.25, -0.2) is 0 Å². The summed E-state index contributed by atoms with van der Waals surface area (Å²) in [7, 11) is -3.80. The molecule has 12 heavy (non-hydrogen) atoms. The minimum atomic E-state index is -3.80. The molecule has 0 atom stereocenters. The van der Waals surface area contributed by atoms with Crippen LogP contribution in [0, 0.1) is 0 Å². The van der Waals surface area contributed by atoms with E-state index < -0.39 is 10.1 Å². The SMILES string of the molecule is CCCCC=CCS(=O)(=O)O.[H-].[Na+]. The Morgan fingerprint density at radius 2 is 2.00 bits per heavy atom. The fourth-order valence-corrected chi connectivity index (χ4v) is 1.01. The van der Waals surface area contributed by atoms with Crippen molar-refractivity contribution in [3.05, 3.63) is 12.2 Å². The molecule has 68 valence electrons. The Kier molecular flexibility index (Phi) is 10.4. The second-order valence-electron chi connectivity index (χ2n) is 2.36. The van der Waals surface area contributed by atoms with Crippen molar-refractivity contribution in [1.82, 2.24) is 0 Å². The van der Waals surface area contributed by atoms with Crippen molar-refractivity contribution in [2.45, 2.75) is 26.2 Å². The van der Waals surface area contributed by atoms with Crippen molar-refractivity contribution in [3.8, 4) is 0 Å². The first-order valence-electron chi connectivity index (χ1n) is 3.66. The monoisotopic (exact) mass is 202 g/mol. The van der Waals surface area contributed by atoms with Gasteiger partial charge < -0.3 is 1.43 Å². The smallest absolute Gasteiger partial charge is 1.00 e. The predicted molar refractivity (Wildman–Crippen MR) is 46.2 cm³/mol. The van der Waals surface area contributed by atoms with Crippen LogP contribution in [0.25, 0.3) is 0 Å². The molecule has 0 bridgehead atoms. The average molecular weight is 202 g/mol. The number of allylic oxidation sites excluding steroid dienone is 1. The topological polar surface area (TPSA) is 54.4 Å². The van der Waals surface area contributed by atoms with Gasteiger partial charge in [0.05, 0.1) is 5.75 Å². The molecule has 0 fully saturated rings. The van der Waals surface area contributed by atoms with Crippen LogP contribution in [0.2, 0.25) is 0 Å². The summed E-state index contributed by atoms with van der Waals surface area (Å²) in [6.45, 7) is 2.07. The van der Waals surface area contributed by atoms with Gasteiger partial charge in [0.1, 0.15) is 0 Å². The van der Waals surface area contributed by atoms with Crippen LogP contribution in [-0.4, -0.2) is 18.7 Å². The van der Waals surface area contributed by atoms with Crippen LogP contribution in [0.3, 0.4) is 0 Å². The van der Waals surface area contributed by atoms with Crippen LogP contribution in [0.4, 0.5) is 0 Å². The van der Waals surface area contributed by atoms with Crippen molar-refractivity contribution < 1.29 is 44.0 Å². The van der Waals surface area contributed by atoms with Crippen molar-refractivity contribution in [1.29, 1.82) is 0 Å². The summed E-state index contributed by atoms with van der Waals surface area (Å²) in [6.07, 6.45) is 6.28. The van der Waals surface area contributed by atoms with Gasteiger partial charge in [0, 0.05) is 0 Å². The molecule has 0 aliphatic rings. The third-order valence-corrected chi connectivity index (χ3v) is 1.81. The molecule has 0 heterocycles. The van der Waals surface area contributed by atoms with E-state index in [1.807, 2.05) is 0 Å². The summed E-state index contributed by atoms with van der Waals surface area (Å²) in [4.78, 5) is 0. The van der Waals surface area contributed by atoms with E-state index in [9.17, 15) is 8.42 Å². The van der Waals surface area contributed by atoms with Gasteiger partial charge in [-0.3, -0.25) is 4.55 Å². The Bertz CT molecular complexity index is 214. The van der Waals surface area contributed by atoms with Crippen LogP contribution in [0.15, 0.2) is 12.2 Å². The first-order valence-corrected chi connectivity index (χ1v) is 5.27. The van der Waals surface area contributed by atoms with Crippen LogP contribution in [0.1, 0.15) is 27.6 Å². The Balaban J connectivity index is -0.000000500. The van der Waals surface area contributed by atoms with Gasteiger partial charge in [-0.15, -0.1) is 0 Å². The molecule has 0 aromatic heterocycles. The van der Waals surface area contributed by atoms with Crippen LogP contribution in [0.5, 0.6) is 0 Å². The minimum Gasteiger partial charge on any atom is -1.00 e. The summed E-state index contributed by atoms with van der Waals surface area (Å²) in [6, 6.07) is 0. The molecular formula is C7H15NaO3S. The molecule has 0 aliphatic carbocycles. The number of unbranched alkanes of at least 4 members (excludes halogenated alkanes) is 2. The molecular weight excluding hydrogens is 187 g/mol. The Labute approximate surface area is 97.8 Å². The Morgan fingerprint density at radius 3 is 2.42 bits per heavy atom. The summed E-state index contributed by atoms with van der Waals surface area (Å²) in [5, 5.41) is 0. The van der Waals surface area contributed by atoms with Gasteiger partial charge in [0.2, 0.25) is 0 Å². The molecule has 0 radical (unpaired) electrons. The number of hydrogen-bond donors (Lipinski definition) is 1. The maximum atomic E-state index is 10.2. The quantitative estimate of drug-likeness (QED) is 0.262. The van der Waals surface area contributed by atoms with E-state index in [0.717, 1.165) is 19.3 Å². The van der Waals surface area contributed by atoms with Crippen LogP contribution < -0.4 is 29.6 Å². The van der Waals surface area contributed by atoms with E-state index in [4.69, 9.17) is 4.55 Å². The van der Waals surface area contributed by atoms with E-state index in [2.05, 4.69) is 6.92 Å². The van der Waals surface area contributed by atoms with E-state index in [-0.39, 0.29) is 36.7 Å². The maximum Gasteiger partial charge on any atom is 1.00 e. The molecule has 3 nitrogen and oxygen atoms in total. The molecule has 0 spiro atoms. The summed E-state index contributed by atoms with van der Waals surface area (Å²) < 4.78 is 28.6. The Morgan fingerprint density at radius 1 is 1.42 bits per heavy atom. The minimum absolute atomic E-state index is 0. The van der Waals surface area contributed by atoms with E-state index in [0.29, 0.717) is 0 Å². The molecule has 0 unspecified atom stereocenters.